The van der Waals surface area contributed by atoms with Crippen LogP contribution in [0.15, 0.2) is 30.3 Å². The van der Waals surface area contributed by atoms with Gasteiger partial charge in [0.2, 0.25) is 0 Å². The molecule has 0 bridgehead atoms. The van der Waals surface area contributed by atoms with Gasteiger partial charge in [-0.15, -0.1) is 4.83 Å². The van der Waals surface area contributed by atoms with Crippen molar-refractivity contribution in [3.8, 4) is 0 Å². The Morgan fingerprint density at radius 3 is 2.20 bits per heavy atom. The Bertz CT molecular complexity index is 440. The minimum atomic E-state index is -3.98. The van der Waals surface area contributed by atoms with Crippen LogP contribution in [-0.2, 0) is 10.0 Å². The van der Waals surface area contributed by atoms with E-state index in [0.29, 0.717) is 0 Å². The normalized spacial score (nSPS) is 11.7. The van der Waals surface area contributed by atoms with E-state index in [9.17, 15) is 13.2 Å². The summed E-state index contributed by atoms with van der Waals surface area (Å²) in [6, 6.07) is 7.84. The molecule has 0 heterocycles. The fraction of sp³-hybridized carbons (Fsp3) is 0.222. The first-order valence-corrected chi connectivity index (χ1v) is 5.71. The SMILES string of the molecule is CN(C)NS(=O)(=O)C(=O)c1ccccc1. The number of sulfonamides is 1. The van der Waals surface area contributed by atoms with Crippen molar-refractivity contribution in [1.82, 2.24) is 9.84 Å². The zero-order valence-electron chi connectivity index (χ0n) is 8.47. The lowest BCUT2D eigenvalue weighted by Crippen LogP contribution is -2.40. The number of benzene rings is 1. The third kappa shape index (κ3) is 3.12. The maximum Gasteiger partial charge on any atom is 0.292 e. The van der Waals surface area contributed by atoms with Gasteiger partial charge in [0.05, 0.1) is 0 Å². The first-order valence-electron chi connectivity index (χ1n) is 4.22. The maximum atomic E-state index is 11.5. The molecular weight excluding hydrogens is 216 g/mol. The first kappa shape index (κ1) is 11.8. The summed E-state index contributed by atoms with van der Waals surface area (Å²) in [5.74, 6) is 0. The highest BCUT2D eigenvalue weighted by atomic mass is 32.2. The molecule has 1 rings (SSSR count). The summed E-state index contributed by atoms with van der Waals surface area (Å²) >= 11 is 0. The molecule has 82 valence electrons. The molecule has 0 radical (unpaired) electrons. The lowest BCUT2D eigenvalue weighted by atomic mass is 10.2. The van der Waals surface area contributed by atoms with Crippen LogP contribution >= 0.6 is 0 Å². The highest BCUT2D eigenvalue weighted by Crippen LogP contribution is 2.04. The van der Waals surface area contributed by atoms with Gasteiger partial charge in [-0.3, -0.25) is 4.79 Å². The fourth-order valence-electron chi connectivity index (χ4n) is 1.01. The quantitative estimate of drug-likeness (QED) is 0.752. The van der Waals surface area contributed by atoms with Gasteiger partial charge in [-0.1, -0.05) is 30.3 Å². The molecule has 0 aliphatic heterocycles. The van der Waals surface area contributed by atoms with Crippen molar-refractivity contribution in [3.63, 3.8) is 0 Å². The van der Waals surface area contributed by atoms with Crippen LogP contribution in [0.25, 0.3) is 0 Å². The van der Waals surface area contributed by atoms with E-state index in [4.69, 9.17) is 0 Å². The molecule has 0 fully saturated rings. The number of hydrazine groups is 1. The molecule has 1 aromatic rings. The third-order valence-electron chi connectivity index (χ3n) is 1.56. The second kappa shape index (κ2) is 4.52. The van der Waals surface area contributed by atoms with Gasteiger partial charge in [0, 0.05) is 19.7 Å². The average molecular weight is 228 g/mol. The smallest absolute Gasteiger partial charge is 0.274 e. The largest absolute Gasteiger partial charge is 0.292 e. The number of rotatable bonds is 3. The Morgan fingerprint density at radius 1 is 1.20 bits per heavy atom. The molecule has 1 N–H and O–H groups in total. The number of nitrogens with one attached hydrogen (secondary N) is 1. The number of hydrogen-bond acceptors (Lipinski definition) is 4. The third-order valence-corrected chi connectivity index (χ3v) is 2.89. The molecule has 0 aromatic heterocycles. The van der Waals surface area contributed by atoms with E-state index >= 15 is 0 Å². The summed E-state index contributed by atoms with van der Waals surface area (Å²) in [4.78, 5) is 13.6. The van der Waals surface area contributed by atoms with E-state index in [-0.39, 0.29) is 5.56 Å². The predicted octanol–water partition coefficient (Wildman–Crippen LogP) is 0.223. The predicted molar refractivity (Wildman–Crippen MR) is 56.5 cm³/mol. The molecule has 0 saturated heterocycles. The van der Waals surface area contributed by atoms with E-state index in [2.05, 4.69) is 4.83 Å². The monoisotopic (exact) mass is 228 g/mol. The Kier molecular flexibility index (Phi) is 3.57. The molecular formula is C9H12N2O3S. The standard InChI is InChI=1S/C9H12N2O3S/c1-11(2)10-15(13,14)9(12)8-6-4-3-5-7-8/h3-7,10H,1-2H3. The van der Waals surface area contributed by atoms with Gasteiger partial charge in [0.15, 0.2) is 0 Å². The van der Waals surface area contributed by atoms with Gasteiger partial charge in [0.25, 0.3) is 15.1 Å². The van der Waals surface area contributed by atoms with Crippen molar-refractivity contribution in [3.05, 3.63) is 35.9 Å². The summed E-state index contributed by atoms with van der Waals surface area (Å²) in [6.45, 7) is 0. The number of nitrogens with zero attached hydrogens (tertiary/aromatic N) is 1. The Hall–Kier alpha value is -1.24. The van der Waals surface area contributed by atoms with E-state index < -0.39 is 15.1 Å². The molecule has 0 amide bonds. The minimum Gasteiger partial charge on any atom is -0.274 e. The Labute approximate surface area is 88.7 Å². The van der Waals surface area contributed by atoms with E-state index in [1.54, 1.807) is 18.2 Å². The van der Waals surface area contributed by atoms with Crippen LogP contribution in [0, 0.1) is 0 Å². The molecule has 0 atom stereocenters. The highest BCUT2D eigenvalue weighted by molar-refractivity contribution is 8.04. The molecule has 1 aromatic carbocycles. The van der Waals surface area contributed by atoms with Gasteiger partial charge >= 0.3 is 0 Å². The van der Waals surface area contributed by atoms with Crippen LogP contribution in [0.1, 0.15) is 10.4 Å². The van der Waals surface area contributed by atoms with Crippen LogP contribution in [0.4, 0.5) is 0 Å². The van der Waals surface area contributed by atoms with Crippen molar-refractivity contribution >= 4 is 15.1 Å². The van der Waals surface area contributed by atoms with E-state index in [0.717, 1.165) is 0 Å². The molecule has 0 spiro atoms. The lowest BCUT2D eigenvalue weighted by molar-refractivity contribution is 0.107. The molecule has 0 unspecified atom stereocenters. The summed E-state index contributed by atoms with van der Waals surface area (Å²) in [7, 11) is -0.984. The van der Waals surface area contributed by atoms with Crippen LogP contribution in [-0.4, -0.2) is 32.6 Å². The van der Waals surface area contributed by atoms with Crippen LogP contribution in [0.5, 0.6) is 0 Å². The van der Waals surface area contributed by atoms with Gasteiger partial charge in [-0.05, 0) is 0 Å². The Balaban J connectivity index is 2.96. The average Bonchev–Trinajstić information content (AvgIpc) is 2.16. The zero-order valence-corrected chi connectivity index (χ0v) is 9.28. The summed E-state index contributed by atoms with van der Waals surface area (Å²) in [5, 5.41) is 0.271. The molecule has 0 saturated carbocycles. The van der Waals surface area contributed by atoms with Crippen molar-refractivity contribution < 1.29 is 13.2 Å². The molecule has 0 aliphatic rings. The summed E-state index contributed by atoms with van der Waals surface area (Å²) in [6.07, 6.45) is 0. The first-order chi connectivity index (χ1) is 6.93. The van der Waals surface area contributed by atoms with Crippen LogP contribution in [0.2, 0.25) is 0 Å². The van der Waals surface area contributed by atoms with Crippen molar-refractivity contribution in [2.45, 2.75) is 0 Å². The van der Waals surface area contributed by atoms with Crippen molar-refractivity contribution in [2.75, 3.05) is 14.1 Å². The fourth-order valence-corrected chi connectivity index (χ4v) is 2.02. The zero-order chi connectivity index (χ0) is 11.5. The lowest BCUT2D eigenvalue weighted by Gasteiger charge is -2.11. The van der Waals surface area contributed by atoms with Gasteiger partial charge in [0.1, 0.15) is 0 Å². The number of carbonyl (C=O) groups excluding carboxylic acids is 1. The molecule has 6 heteroatoms. The van der Waals surface area contributed by atoms with Gasteiger partial charge in [-0.2, -0.15) is 0 Å². The van der Waals surface area contributed by atoms with Crippen LogP contribution < -0.4 is 4.83 Å². The number of hydrogen-bond donors (Lipinski definition) is 1. The van der Waals surface area contributed by atoms with Crippen molar-refractivity contribution in [2.24, 2.45) is 0 Å². The highest BCUT2D eigenvalue weighted by Gasteiger charge is 2.23. The number of carbonyl (C=O) groups is 1. The molecule has 0 aliphatic carbocycles. The van der Waals surface area contributed by atoms with E-state index in [1.807, 2.05) is 0 Å². The van der Waals surface area contributed by atoms with E-state index in [1.165, 1.54) is 31.2 Å². The maximum absolute atomic E-state index is 11.5. The van der Waals surface area contributed by atoms with Gasteiger partial charge < -0.3 is 0 Å². The second-order valence-electron chi connectivity index (χ2n) is 3.14. The topological polar surface area (TPSA) is 66.5 Å². The minimum absolute atomic E-state index is 0.145. The molecule has 5 nitrogen and oxygen atoms in total. The Morgan fingerprint density at radius 2 is 1.73 bits per heavy atom. The second-order valence-corrected chi connectivity index (χ2v) is 4.70. The summed E-state index contributed by atoms with van der Waals surface area (Å²) in [5.41, 5.74) is 0.145. The van der Waals surface area contributed by atoms with Crippen LogP contribution in [0.3, 0.4) is 0 Å². The van der Waals surface area contributed by atoms with Gasteiger partial charge in [-0.25, -0.2) is 13.4 Å². The molecule has 15 heavy (non-hydrogen) atoms. The summed E-state index contributed by atoms with van der Waals surface area (Å²) < 4.78 is 22.9. The van der Waals surface area contributed by atoms with Crippen molar-refractivity contribution in [1.29, 1.82) is 0 Å².